The van der Waals surface area contributed by atoms with Crippen LogP contribution >= 0.6 is 0 Å². The Morgan fingerprint density at radius 2 is 1.64 bits per heavy atom. The van der Waals surface area contributed by atoms with Crippen LogP contribution in [0.5, 0.6) is 0 Å². The third-order valence-electron chi connectivity index (χ3n) is 6.35. The van der Waals surface area contributed by atoms with Gasteiger partial charge in [-0.1, -0.05) is 62.4 Å². The van der Waals surface area contributed by atoms with Crippen LogP contribution in [0.4, 0.5) is 0 Å². The molecule has 0 bridgehead atoms. The maximum atomic E-state index is 12.6. The SMILES string of the molecule is COC(=O)C1(c2ccccc2)CCN(CC2CCCCCCC2)CC1. The van der Waals surface area contributed by atoms with Crippen molar-refractivity contribution in [1.82, 2.24) is 4.90 Å². The molecule has 0 spiro atoms. The standard InChI is InChI=1S/C22H33NO2/c1-25-21(24)22(20-12-8-5-9-13-20)14-16-23(17-15-22)18-19-10-6-3-2-4-7-11-19/h5,8-9,12-13,19H,2-4,6-7,10-11,14-18H2,1H3. The zero-order valence-electron chi connectivity index (χ0n) is 15.7. The van der Waals surface area contributed by atoms with E-state index in [-0.39, 0.29) is 5.97 Å². The minimum atomic E-state index is -0.451. The molecule has 3 rings (SSSR count). The van der Waals surface area contributed by atoms with E-state index < -0.39 is 5.41 Å². The van der Waals surface area contributed by atoms with Gasteiger partial charge in [-0.15, -0.1) is 0 Å². The van der Waals surface area contributed by atoms with Gasteiger partial charge in [0, 0.05) is 6.54 Å². The Morgan fingerprint density at radius 1 is 1.04 bits per heavy atom. The summed E-state index contributed by atoms with van der Waals surface area (Å²) in [5.74, 6) is 0.784. The summed E-state index contributed by atoms with van der Waals surface area (Å²) in [5.41, 5.74) is 0.667. The molecule has 1 aliphatic heterocycles. The second-order valence-corrected chi connectivity index (χ2v) is 7.95. The molecule has 25 heavy (non-hydrogen) atoms. The summed E-state index contributed by atoms with van der Waals surface area (Å²) in [7, 11) is 1.52. The third-order valence-corrected chi connectivity index (χ3v) is 6.35. The van der Waals surface area contributed by atoms with Gasteiger partial charge in [-0.3, -0.25) is 4.79 Å². The second-order valence-electron chi connectivity index (χ2n) is 7.95. The number of carbonyl (C=O) groups is 1. The van der Waals surface area contributed by atoms with Crippen molar-refractivity contribution in [2.75, 3.05) is 26.7 Å². The van der Waals surface area contributed by atoms with Crippen molar-refractivity contribution in [1.29, 1.82) is 0 Å². The molecule has 2 fully saturated rings. The molecule has 1 saturated carbocycles. The van der Waals surface area contributed by atoms with Crippen LogP contribution in [-0.4, -0.2) is 37.6 Å². The fourth-order valence-electron chi connectivity index (χ4n) is 4.77. The summed E-state index contributed by atoms with van der Waals surface area (Å²) in [6.45, 7) is 3.22. The van der Waals surface area contributed by atoms with Crippen LogP contribution in [-0.2, 0) is 14.9 Å². The monoisotopic (exact) mass is 343 g/mol. The predicted octanol–water partition coefficient (Wildman–Crippen LogP) is 4.55. The molecule has 138 valence electrons. The number of carbonyl (C=O) groups excluding carboxylic acids is 1. The van der Waals surface area contributed by atoms with Gasteiger partial charge in [-0.25, -0.2) is 0 Å². The molecule has 1 aliphatic carbocycles. The van der Waals surface area contributed by atoms with Crippen molar-refractivity contribution in [3.63, 3.8) is 0 Å². The molecule has 0 atom stereocenters. The van der Waals surface area contributed by atoms with Crippen molar-refractivity contribution in [3.8, 4) is 0 Å². The van der Waals surface area contributed by atoms with Gasteiger partial charge in [-0.2, -0.15) is 0 Å². The van der Waals surface area contributed by atoms with Crippen LogP contribution < -0.4 is 0 Å². The highest BCUT2D eigenvalue weighted by atomic mass is 16.5. The fraction of sp³-hybridized carbons (Fsp3) is 0.682. The predicted molar refractivity (Wildman–Crippen MR) is 102 cm³/mol. The Kier molecular flexibility index (Phi) is 6.52. The molecule has 0 amide bonds. The lowest BCUT2D eigenvalue weighted by molar-refractivity contribution is -0.149. The molecule has 1 heterocycles. The lowest BCUT2D eigenvalue weighted by atomic mass is 9.72. The van der Waals surface area contributed by atoms with E-state index in [4.69, 9.17) is 4.74 Å². The van der Waals surface area contributed by atoms with Crippen LogP contribution in [0.2, 0.25) is 0 Å². The minimum absolute atomic E-state index is 0.0655. The van der Waals surface area contributed by atoms with Gasteiger partial charge in [0.1, 0.15) is 0 Å². The molecule has 1 saturated heterocycles. The number of hydrogen-bond acceptors (Lipinski definition) is 3. The Balaban J connectivity index is 1.62. The van der Waals surface area contributed by atoms with Gasteiger partial charge < -0.3 is 9.64 Å². The van der Waals surface area contributed by atoms with Crippen LogP contribution in [0, 0.1) is 5.92 Å². The number of benzene rings is 1. The van der Waals surface area contributed by atoms with Crippen LogP contribution in [0.25, 0.3) is 0 Å². The fourth-order valence-corrected chi connectivity index (χ4v) is 4.77. The summed E-state index contributed by atoms with van der Waals surface area (Å²) < 4.78 is 5.21. The maximum Gasteiger partial charge on any atom is 0.316 e. The van der Waals surface area contributed by atoms with Crippen LogP contribution in [0.1, 0.15) is 63.4 Å². The molecular weight excluding hydrogens is 310 g/mol. The van der Waals surface area contributed by atoms with E-state index in [9.17, 15) is 4.79 Å². The largest absolute Gasteiger partial charge is 0.468 e. The summed E-state index contributed by atoms with van der Waals surface area (Å²) in [5, 5.41) is 0. The highest BCUT2D eigenvalue weighted by molar-refractivity contribution is 5.83. The first-order valence-electron chi connectivity index (χ1n) is 10.1. The molecule has 1 aromatic carbocycles. The Labute approximate surface area is 152 Å². The Bertz CT molecular complexity index is 526. The highest BCUT2D eigenvalue weighted by Crippen LogP contribution is 2.37. The first-order valence-corrected chi connectivity index (χ1v) is 10.1. The van der Waals surface area contributed by atoms with Crippen molar-refractivity contribution in [2.24, 2.45) is 5.92 Å². The van der Waals surface area contributed by atoms with Gasteiger partial charge in [0.25, 0.3) is 0 Å². The van der Waals surface area contributed by atoms with E-state index in [0.717, 1.165) is 37.4 Å². The molecule has 0 radical (unpaired) electrons. The van der Waals surface area contributed by atoms with E-state index in [0.29, 0.717) is 0 Å². The van der Waals surface area contributed by atoms with E-state index in [1.54, 1.807) is 0 Å². The lowest BCUT2D eigenvalue weighted by Crippen LogP contribution is -2.48. The minimum Gasteiger partial charge on any atom is -0.468 e. The van der Waals surface area contributed by atoms with Gasteiger partial charge in [-0.05, 0) is 50.3 Å². The van der Waals surface area contributed by atoms with Crippen molar-refractivity contribution in [3.05, 3.63) is 35.9 Å². The molecule has 3 nitrogen and oxygen atoms in total. The van der Waals surface area contributed by atoms with Gasteiger partial charge in [0.2, 0.25) is 0 Å². The summed E-state index contributed by atoms with van der Waals surface area (Å²) in [4.78, 5) is 15.2. The molecule has 0 N–H and O–H groups in total. The first-order chi connectivity index (χ1) is 12.2. The van der Waals surface area contributed by atoms with Crippen LogP contribution in [0.3, 0.4) is 0 Å². The number of piperidine rings is 1. The summed E-state index contributed by atoms with van der Waals surface area (Å²) in [6.07, 6.45) is 11.6. The van der Waals surface area contributed by atoms with Gasteiger partial charge in [0.15, 0.2) is 0 Å². The quantitative estimate of drug-likeness (QED) is 0.751. The van der Waals surface area contributed by atoms with E-state index in [1.165, 1.54) is 58.6 Å². The number of methoxy groups -OCH3 is 1. The molecule has 2 aliphatic rings. The van der Waals surface area contributed by atoms with E-state index in [1.807, 2.05) is 18.2 Å². The molecular formula is C22H33NO2. The zero-order valence-corrected chi connectivity index (χ0v) is 15.7. The summed E-state index contributed by atoms with van der Waals surface area (Å²) >= 11 is 0. The average Bonchev–Trinajstić information content (AvgIpc) is 2.64. The highest BCUT2D eigenvalue weighted by Gasteiger charge is 2.44. The lowest BCUT2D eigenvalue weighted by Gasteiger charge is -2.41. The number of hydrogen-bond donors (Lipinski definition) is 0. The van der Waals surface area contributed by atoms with E-state index in [2.05, 4.69) is 17.0 Å². The number of rotatable bonds is 4. The second kappa shape index (κ2) is 8.84. The normalized spacial score (nSPS) is 22.8. The average molecular weight is 344 g/mol. The van der Waals surface area contributed by atoms with Crippen LogP contribution in [0.15, 0.2) is 30.3 Å². The first kappa shape index (κ1) is 18.4. The van der Waals surface area contributed by atoms with E-state index >= 15 is 0 Å². The zero-order chi connectivity index (χ0) is 17.5. The molecule has 1 aromatic rings. The van der Waals surface area contributed by atoms with Gasteiger partial charge in [0.05, 0.1) is 12.5 Å². The molecule has 0 aromatic heterocycles. The number of nitrogens with zero attached hydrogens (tertiary/aromatic N) is 1. The smallest absolute Gasteiger partial charge is 0.316 e. The molecule has 0 unspecified atom stereocenters. The molecule has 3 heteroatoms. The number of likely N-dealkylation sites (tertiary alicyclic amines) is 1. The number of ether oxygens (including phenoxy) is 1. The third kappa shape index (κ3) is 4.44. The Morgan fingerprint density at radius 3 is 2.24 bits per heavy atom. The van der Waals surface area contributed by atoms with Gasteiger partial charge >= 0.3 is 5.97 Å². The number of esters is 1. The summed E-state index contributed by atoms with van der Waals surface area (Å²) in [6, 6.07) is 10.2. The maximum absolute atomic E-state index is 12.6. The van der Waals surface area contributed by atoms with Crippen molar-refractivity contribution >= 4 is 5.97 Å². The topological polar surface area (TPSA) is 29.5 Å². The Hall–Kier alpha value is -1.35. The van der Waals surface area contributed by atoms with Crippen molar-refractivity contribution < 1.29 is 9.53 Å². The van der Waals surface area contributed by atoms with Crippen molar-refractivity contribution in [2.45, 2.75) is 63.2 Å².